The second-order valence-corrected chi connectivity index (χ2v) is 9.45. The summed E-state index contributed by atoms with van der Waals surface area (Å²) in [5.74, 6) is 1.00. The molecule has 1 spiro atoms. The molecule has 0 aliphatic heterocycles. The van der Waals surface area contributed by atoms with Gasteiger partial charge in [0.15, 0.2) is 5.78 Å². The summed E-state index contributed by atoms with van der Waals surface area (Å²) >= 11 is 0. The Morgan fingerprint density at radius 2 is 2.00 bits per heavy atom. The molecule has 0 N–H and O–H groups in total. The van der Waals surface area contributed by atoms with Crippen LogP contribution >= 0.6 is 0 Å². The van der Waals surface area contributed by atoms with E-state index in [-0.39, 0.29) is 10.8 Å². The standard InChI is InChI=1S/C24H26O/c1-23(2,3)21-6-4-5-16-12-17-9-10-24(14-15-7-8-18(24)11-15)22(25)20(17)13-19(16)21/h4-7,12-13,18H,8-11,14H2,1-3H3. The lowest BCUT2D eigenvalue weighted by molar-refractivity contribution is 0.0671. The maximum absolute atomic E-state index is 13.6. The van der Waals surface area contributed by atoms with Crippen LogP contribution in [-0.4, -0.2) is 5.78 Å². The Labute approximate surface area is 150 Å². The minimum atomic E-state index is -0.0819. The minimum absolute atomic E-state index is 0.0819. The van der Waals surface area contributed by atoms with E-state index in [0.29, 0.717) is 11.7 Å². The first-order chi connectivity index (χ1) is 11.9. The molecule has 25 heavy (non-hydrogen) atoms. The zero-order valence-corrected chi connectivity index (χ0v) is 15.5. The lowest BCUT2D eigenvalue weighted by Gasteiger charge is -2.39. The Morgan fingerprint density at radius 1 is 1.16 bits per heavy atom. The van der Waals surface area contributed by atoms with Crippen LogP contribution in [0.5, 0.6) is 0 Å². The normalized spacial score (nSPS) is 27.9. The Kier molecular flexibility index (Phi) is 2.98. The van der Waals surface area contributed by atoms with Crippen molar-refractivity contribution in [2.24, 2.45) is 11.3 Å². The summed E-state index contributed by atoms with van der Waals surface area (Å²) in [6, 6.07) is 11.1. The van der Waals surface area contributed by atoms with Crippen LogP contribution in [0, 0.1) is 11.3 Å². The van der Waals surface area contributed by atoms with Gasteiger partial charge >= 0.3 is 0 Å². The SMILES string of the molecule is CC(C)(C)c1cccc2cc3c(cc12)C(=O)C1(CC3)CC2=CCC1C2. The molecule has 128 valence electrons. The van der Waals surface area contributed by atoms with Gasteiger partial charge in [0.05, 0.1) is 0 Å². The van der Waals surface area contributed by atoms with Crippen molar-refractivity contribution in [1.82, 2.24) is 0 Å². The number of aryl methyl sites for hydroxylation is 1. The molecule has 0 radical (unpaired) electrons. The lowest BCUT2D eigenvalue weighted by atomic mass is 9.63. The predicted octanol–water partition coefficient (Wildman–Crippen LogP) is 5.99. The summed E-state index contributed by atoms with van der Waals surface area (Å²) in [7, 11) is 0. The highest BCUT2D eigenvalue weighted by atomic mass is 16.1. The minimum Gasteiger partial charge on any atom is -0.294 e. The average molecular weight is 330 g/mol. The smallest absolute Gasteiger partial charge is 0.169 e. The molecule has 1 nitrogen and oxygen atoms in total. The molecule has 2 unspecified atom stereocenters. The molecular weight excluding hydrogens is 304 g/mol. The quantitative estimate of drug-likeness (QED) is 0.542. The van der Waals surface area contributed by atoms with Crippen LogP contribution in [0.25, 0.3) is 10.8 Å². The molecule has 0 saturated heterocycles. The Bertz CT molecular complexity index is 940. The molecule has 0 aromatic heterocycles. The maximum Gasteiger partial charge on any atom is 0.169 e. The first-order valence-corrected chi connectivity index (χ1v) is 9.67. The number of benzene rings is 2. The fourth-order valence-electron chi connectivity index (χ4n) is 5.65. The van der Waals surface area contributed by atoms with Crippen molar-refractivity contribution >= 4 is 16.6 Å². The van der Waals surface area contributed by atoms with E-state index >= 15 is 0 Å². The van der Waals surface area contributed by atoms with E-state index in [0.717, 1.165) is 31.2 Å². The average Bonchev–Trinajstić information content (AvgIpc) is 3.17. The molecule has 0 heterocycles. The van der Waals surface area contributed by atoms with Crippen LogP contribution in [0.3, 0.4) is 0 Å². The second-order valence-electron chi connectivity index (χ2n) is 9.45. The van der Waals surface area contributed by atoms with Gasteiger partial charge in [-0.3, -0.25) is 4.79 Å². The highest BCUT2D eigenvalue weighted by Crippen LogP contribution is 2.58. The highest BCUT2D eigenvalue weighted by molar-refractivity contribution is 6.07. The van der Waals surface area contributed by atoms with Crippen molar-refractivity contribution < 1.29 is 4.79 Å². The Morgan fingerprint density at radius 3 is 2.68 bits per heavy atom. The van der Waals surface area contributed by atoms with Crippen molar-refractivity contribution in [2.75, 3.05) is 0 Å². The molecule has 1 saturated carbocycles. The molecule has 2 atom stereocenters. The van der Waals surface area contributed by atoms with Gasteiger partial charge in [0.25, 0.3) is 0 Å². The maximum atomic E-state index is 13.6. The molecule has 5 rings (SSSR count). The number of hydrogen-bond donors (Lipinski definition) is 0. The Hall–Kier alpha value is -1.89. The van der Waals surface area contributed by atoms with Gasteiger partial charge < -0.3 is 0 Å². The number of Topliss-reactive ketones (excluding diaryl/α,β-unsaturated/α-hetero) is 1. The monoisotopic (exact) mass is 330 g/mol. The van der Waals surface area contributed by atoms with Crippen molar-refractivity contribution in [3.05, 3.63) is 58.7 Å². The number of carbonyl (C=O) groups is 1. The van der Waals surface area contributed by atoms with Crippen LogP contribution in [0.2, 0.25) is 0 Å². The van der Waals surface area contributed by atoms with Crippen LogP contribution < -0.4 is 0 Å². The summed E-state index contributed by atoms with van der Waals surface area (Å²) in [6.45, 7) is 6.77. The number of rotatable bonds is 0. The van der Waals surface area contributed by atoms with Gasteiger partial charge in [-0.2, -0.15) is 0 Å². The molecule has 1 heteroatoms. The van der Waals surface area contributed by atoms with Crippen LogP contribution in [0.1, 0.15) is 67.9 Å². The molecule has 2 bridgehead atoms. The molecular formula is C24H26O. The molecule has 3 aliphatic carbocycles. The number of hydrogen-bond acceptors (Lipinski definition) is 1. The van der Waals surface area contributed by atoms with Gasteiger partial charge in [-0.1, -0.05) is 56.7 Å². The first-order valence-electron chi connectivity index (χ1n) is 9.67. The number of allylic oxidation sites excluding steroid dienone is 2. The summed E-state index contributed by atoms with van der Waals surface area (Å²) < 4.78 is 0. The van der Waals surface area contributed by atoms with Crippen molar-refractivity contribution in [1.29, 1.82) is 0 Å². The zero-order valence-electron chi connectivity index (χ0n) is 15.5. The third-order valence-electron chi connectivity index (χ3n) is 6.97. The Balaban J connectivity index is 1.70. The van der Waals surface area contributed by atoms with Crippen molar-refractivity contribution in [3.8, 4) is 0 Å². The van der Waals surface area contributed by atoms with Crippen molar-refractivity contribution in [2.45, 2.75) is 58.3 Å². The molecule has 1 fully saturated rings. The van der Waals surface area contributed by atoms with Gasteiger partial charge in [0, 0.05) is 11.0 Å². The van der Waals surface area contributed by atoms with E-state index in [1.54, 1.807) is 0 Å². The lowest BCUT2D eigenvalue weighted by Crippen LogP contribution is -2.39. The van der Waals surface area contributed by atoms with Gasteiger partial charge in [0.2, 0.25) is 0 Å². The summed E-state index contributed by atoms with van der Waals surface area (Å²) in [6.07, 6.45) is 7.80. The topological polar surface area (TPSA) is 17.1 Å². The fraction of sp³-hybridized carbons (Fsp3) is 0.458. The van der Waals surface area contributed by atoms with E-state index in [1.807, 2.05) is 0 Å². The predicted molar refractivity (Wildman–Crippen MR) is 103 cm³/mol. The zero-order chi connectivity index (χ0) is 17.4. The first kappa shape index (κ1) is 15.4. The van der Waals surface area contributed by atoms with Gasteiger partial charge in [-0.25, -0.2) is 0 Å². The highest BCUT2D eigenvalue weighted by Gasteiger charge is 2.53. The number of fused-ring (bicyclic) bond motifs is 5. The molecule has 2 aromatic carbocycles. The molecule has 3 aliphatic rings. The number of ketones is 1. The van der Waals surface area contributed by atoms with Gasteiger partial charge in [-0.05, 0) is 71.4 Å². The van der Waals surface area contributed by atoms with Crippen LogP contribution in [-0.2, 0) is 11.8 Å². The molecule has 2 aromatic rings. The van der Waals surface area contributed by atoms with Crippen LogP contribution in [0.4, 0.5) is 0 Å². The number of carbonyl (C=O) groups excluding carboxylic acids is 1. The van der Waals surface area contributed by atoms with E-state index in [9.17, 15) is 4.79 Å². The fourth-order valence-corrected chi connectivity index (χ4v) is 5.65. The summed E-state index contributed by atoms with van der Waals surface area (Å²) in [5, 5.41) is 2.55. The van der Waals surface area contributed by atoms with E-state index in [2.05, 4.69) is 57.2 Å². The second kappa shape index (κ2) is 4.84. The van der Waals surface area contributed by atoms with Gasteiger partial charge in [0.1, 0.15) is 0 Å². The largest absolute Gasteiger partial charge is 0.294 e. The van der Waals surface area contributed by atoms with Crippen LogP contribution in [0.15, 0.2) is 42.0 Å². The van der Waals surface area contributed by atoms with E-state index in [4.69, 9.17) is 0 Å². The third-order valence-corrected chi connectivity index (χ3v) is 6.97. The summed E-state index contributed by atoms with van der Waals surface area (Å²) in [4.78, 5) is 13.6. The third kappa shape index (κ3) is 2.05. The van der Waals surface area contributed by atoms with Gasteiger partial charge in [-0.15, -0.1) is 0 Å². The van der Waals surface area contributed by atoms with E-state index < -0.39 is 0 Å². The van der Waals surface area contributed by atoms with Crippen molar-refractivity contribution in [3.63, 3.8) is 0 Å². The molecule has 0 amide bonds. The summed E-state index contributed by atoms with van der Waals surface area (Å²) in [5.41, 5.74) is 5.17. The van der Waals surface area contributed by atoms with E-state index in [1.165, 1.54) is 33.9 Å².